The van der Waals surface area contributed by atoms with Crippen LogP contribution in [0, 0.1) is 0 Å². The maximum atomic E-state index is 12.2. The van der Waals surface area contributed by atoms with Gasteiger partial charge < -0.3 is 19.9 Å². The van der Waals surface area contributed by atoms with Gasteiger partial charge in [-0.2, -0.15) is 0 Å². The molecule has 6 nitrogen and oxygen atoms in total. The number of rotatable bonds is 5. The summed E-state index contributed by atoms with van der Waals surface area (Å²) in [4.78, 5) is 27.2. The van der Waals surface area contributed by atoms with Gasteiger partial charge >= 0.3 is 6.09 Å². The minimum Gasteiger partial charge on any atom is -0.444 e. The smallest absolute Gasteiger partial charge is 0.410 e. The molecule has 0 unspecified atom stereocenters. The van der Waals surface area contributed by atoms with E-state index in [1.165, 1.54) is 0 Å². The predicted molar refractivity (Wildman–Crippen MR) is 91.4 cm³/mol. The number of carbonyl (C=O) groups is 2. The van der Waals surface area contributed by atoms with Gasteiger partial charge in [-0.1, -0.05) is 0 Å². The van der Waals surface area contributed by atoms with Crippen molar-refractivity contribution in [3.63, 3.8) is 0 Å². The van der Waals surface area contributed by atoms with Crippen LogP contribution in [-0.2, 0) is 9.53 Å². The molecule has 6 heteroatoms. The van der Waals surface area contributed by atoms with Crippen molar-refractivity contribution in [1.29, 1.82) is 0 Å². The quantitative estimate of drug-likeness (QED) is 0.841. The number of likely N-dealkylation sites (tertiary alicyclic amines) is 1. The molecule has 1 aliphatic heterocycles. The van der Waals surface area contributed by atoms with E-state index >= 15 is 0 Å². The normalized spacial score (nSPS) is 16.6. The van der Waals surface area contributed by atoms with Crippen molar-refractivity contribution in [2.75, 3.05) is 26.2 Å². The molecule has 2 amide bonds. The summed E-state index contributed by atoms with van der Waals surface area (Å²) < 4.78 is 5.46. The third kappa shape index (κ3) is 7.20. The van der Waals surface area contributed by atoms with Crippen molar-refractivity contribution < 1.29 is 14.3 Å². The molecule has 134 valence electrons. The first-order valence-corrected chi connectivity index (χ1v) is 8.58. The first kappa shape index (κ1) is 19.7. The topological polar surface area (TPSA) is 61.9 Å². The van der Waals surface area contributed by atoms with Gasteiger partial charge in [0.05, 0.1) is 0 Å². The highest BCUT2D eigenvalue weighted by Crippen LogP contribution is 2.13. The molecule has 0 saturated carbocycles. The highest BCUT2D eigenvalue weighted by molar-refractivity contribution is 5.73. The van der Waals surface area contributed by atoms with Crippen LogP contribution in [0.25, 0.3) is 0 Å². The molecule has 1 rings (SSSR count). The van der Waals surface area contributed by atoms with E-state index in [0.717, 1.165) is 32.5 Å². The maximum absolute atomic E-state index is 12.2. The number of nitrogens with zero attached hydrogens (tertiary/aromatic N) is 2. The van der Waals surface area contributed by atoms with Crippen LogP contribution in [0.3, 0.4) is 0 Å². The molecule has 0 bridgehead atoms. The third-order valence-corrected chi connectivity index (χ3v) is 3.98. The molecular weight excluding hydrogens is 294 g/mol. The minimum absolute atomic E-state index is 0.103. The van der Waals surface area contributed by atoms with Gasteiger partial charge in [0.25, 0.3) is 0 Å². The Kier molecular flexibility index (Phi) is 7.32. The molecule has 0 aromatic rings. The van der Waals surface area contributed by atoms with Gasteiger partial charge in [-0.3, -0.25) is 4.79 Å². The fraction of sp³-hybridized carbons (Fsp3) is 0.882. The van der Waals surface area contributed by atoms with Crippen LogP contribution in [-0.4, -0.2) is 65.7 Å². The average Bonchev–Trinajstić information content (AvgIpc) is 2.41. The number of hydrogen-bond donors (Lipinski definition) is 1. The largest absolute Gasteiger partial charge is 0.444 e. The number of nitrogens with one attached hydrogen (secondary N) is 1. The number of ether oxygens (including phenoxy) is 1. The van der Waals surface area contributed by atoms with Gasteiger partial charge in [-0.25, -0.2) is 4.79 Å². The van der Waals surface area contributed by atoms with E-state index in [2.05, 4.69) is 5.32 Å². The van der Waals surface area contributed by atoms with Gasteiger partial charge in [0.2, 0.25) is 5.91 Å². The second-order valence-electron chi connectivity index (χ2n) is 7.50. The fourth-order valence-electron chi connectivity index (χ4n) is 2.67. The fourth-order valence-corrected chi connectivity index (χ4v) is 2.67. The van der Waals surface area contributed by atoms with E-state index in [1.54, 1.807) is 11.8 Å². The molecule has 0 aromatic heterocycles. The van der Waals surface area contributed by atoms with E-state index in [0.29, 0.717) is 12.6 Å². The summed E-state index contributed by atoms with van der Waals surface area (Å²) >= 11 is 0. The van der Waals surface area contributed by atoms with Crippen LogP contribution in [0.2, 0.25) is 0 Å². The molecule has 0 radical (unpaired) electrons. The Morgan fingerprint density at radius 3 is 2.26 bits per heavy atom. The van der Waals surface area contributed by atoms with Gasteiger partial charge in [0.1, 0.15) is 5.60 Å². The van der Waals surface area contributed by atoms with Crippen LogP contribution in [0.5, 0.6) is 0 Å². The van der Waals surface area contributed by atoms with Crippen LogP contribution >= 0.6 is 0 Å². The van der Waals surface area contributed by atoms with E-state index in [1.807, 2.05) is 39.5 Å². The lowest BCUT2D eigenvalue weighted by Crippen LogP contribution is -2.48. The Bertz CT molecular complexity index is 396. The Hall–Kier alpha value is -1.30. The van der Waals surface area contributed by atoms with E-state index in [-0.39, 0.29) is 18.0 Å². The van der Waals surface area contributed by atoms with Crippen molar-refractivity contribution in [3.8, 4) is 0 Å². The van der Waals surface area contributed by atoms with E-state index in [4.69, 9.17) is 4.74 Å². The average molecular weight is 327 g/mol. The summed E-state index contributed by atoms with van der Waals surface area (Å²) in [6.45, 7) is 14.2. The summed E-state index contributed by atoms with van der Waals surface area (Å²) in [5.41, 5.74) is -0.475. The van der Waals surface area contributed by atoms with Crippen LogP contribution in [0.4, 0.5) is 4.79 Å². The Morgan fingerprint density at radius 2 is 1.83 bits per heavy atom. The molecule has 0 atom stereocenters. The zero-order valence-corrected chi connectivity index (χ0v) is 15.5. The summed E-state index contributed by atoms with van der Waals surface area (Å²) in [7, 11) is 0. The second kappa shape index (κ2) is 8.52. The lowest BCUT2D eigenvalue weighted by molar-refractivity contribution is -0.129. The van der Waals surface area contributed by atoms with Crippen molar-refractivity contribution in [1.82, 2.24) is 15.1 Å². The molecule has 1 heterocycles. The summed E-state index contributed by atoms with van der Waals surface area (Å²) in [6, 6.07) is 0.518. The molecule has 0 aromatic carbocycles. The van der Waals surface area contributed by atoms with E-state index < -0.39 is 5.60 Å². The van der Waals surface area contributed by atoms with Crippen LogP contribution in [0.1, 0.15) is 54.4 Å². The molecular formula is C17H33N3O3. The van der Waals surface area contributed by atoms with Crippen molar-refractivity contribution in [3.05, 3.63) is 0 Å². The highest BCUT2D eigenvalue weighted by atomic mass is 16.6. The first-order valence-electron chi connectivity index (χ1n) is 8.58. The van der Waals surface area contributed by atoms with Crippen molar-refractivity contribution >= 4 is 12.0 Å². The van der Waals surface area contributed by atoms with Gasteiger partial charge in [-0.15, -0.1) is 0 Å². The number of hydrogen-bond acceptors (Lipinski definition) is 4. The second-order valence-corrected chi connectivity index (χ2v) is 7.50. The summed E-state index contributed by atoms with van der Waals surface area (Å²) in [5, 5.41) is 3.50. The van der Waals surface area contributed by atoms with Crippen molar-refractivity contribution in [2.45, 2.75) is 72.1 Å². The molecule has 1 fully saturated rings. The molecule has 1 N–H and O–H groups in total. The standard InChI is InChI=1S/C17H33N3O3/c1-13(2)20(16(22)23-17(4,5)6)12-9-18-15-7-10-19(11-8-15)14(3)21/h13,15,18H,7-12H2,1-6H3. The zero-order chi connectivity index (χ0) is 17.6. The highest BCUT2D eigenvalue weighted by Gasteiger charge is 2.25. The number of amides is 2. The molecule has 0 aliphatic carbocycles. The van der Waals surface area contributed by atoms with Crippen LogP contribution in [0.15, 0.2) is 0 Å². The predicted octanol–water partition coefficient (Wildman–Crippen LogP) is 2.23. The monoisotopic (exact) mass is 327 g/mol. The lowest BCUT2D eigenvalue weighted by Gasteiger charge is -2.33. The zero-order valence-electron chi connectivity index (χ0n) is 15.5. The third-order valence-electron chi connectivity index (χ3n) is 3.98. The molecule has 23 heavy (non-hydrogen) atoms. The number of carbonyl (C=O) groups excluding carboxylic acids is 2. The molecule has 1 saturated heterocycles. The Labute approximate surface area is 140 Å². The summed E-state index contributed by atoms with van der Waals surface area (Å²) in [5.74, 6) is 0.152. The minimum atomic E-state index is -0.475. The SMILES string of the molecule is CC(=O)N1CCC(NCCN(C(=O)OC(C)(C)C)C(C)C)CC1. The van der Waals surface area contributed by atoms with E-state index in [9.17, 15) is 9.59 Å². The molecule has 1 aliphatic rings. The van der Waals surface area contributed by atoms with Gasteiger partial charge in [0.15, 0.2) is 0 Å². The lowest BCUT2D eigenvalue weighted by atomic mass is 10.1. The Morgan fingerprint density at radius 1 is 1.26 bits per heavy atom. The van der Waals surface area contributed by atoms with Crippen LogP contribution < -0.4 is 5.32 Å². The Balaban J connectivity index is 2.37. The van der Waals surface area contributed by atoms with Gasteiger partial charge in [0, 0.05) is 45.2 Å². The number of piperidine rings is 1. The summed E-state index contributed by atoms with van der Waals surface area (Å²) in [6.07, 6.45) is 1.67. The maximum Gasteiger partial charge on any atom is 0.410 e. The van der Waals surface area contributed by atoms with Gasteiger partial charge in [-0.05, 0) is 47.5 Å². The molecule has 0 spiro atoms. The van der Waals surface area contributed by atoms with Crippen molar-refractivity contribution in [2.24, 2.45) is 0 Å². The first-order chi connectivity index (χ1) is 10.6.